The normalized spacial score (nSPS) is 11.3. The molecule has 84 valence electrons. The van der Waals surface area contributed by atoms with Crippen LogP contribution < -0.4 is 10.6 Å². The molecule has 6 heteroatoms. The summed E-state index contributed by atoms with van der Waals surface area (Å²) in [6.45, 7) is 6.24. The molecule has 0 atom stereocenters. The van der Waals surface area contributed by atoms with Crippen molar-refractivity contribution in [1.29, 1.82) is 0 Å². The van der Waals surface area contributed by atoms with Crippen molar-refractivity contribution in [3.05, 3.63) is 5.28 Å². The van der Waals surface area contributed by atoms with E-state index in [0.717, 1.165) is 6.42 Å². The van der Waals surface area contributed by atoms with Crippen LogP contribution in [0.5, 0.6) is 0 Å². The molecule has 0 saturated carbocycles. The van der Waals surface area contributed by atoms with Crippen molar-refractivity contribution in [2.75, 3.05) is 17.7 Å². The second-order valence-electron chi connectivity index (χ2n) is 3.86. The Labute approximate surface area is 94.7 Å². The van der Waals surface area contributed by atoms with E-state index in [0.29, 0.717) is 11.9 Å². The first kappa shape index (κ1) is 12.0. The molecule has 15 heavy (non-hydrogen) atoms. The second-order valence-corrected chi connectivity index (χ2v) is 4.20. The van der Waals surface area contributed by atoms with Crippen LogP contribution in [-0.2, 0) is 0 Å². The number of nitrogens with one attached hydrogen (secondary N) is 2. The van der Waals surface area contributed by atoms with Crippen molar-refractivity contribution in [3.8, 4) is 0 Å². The maximum absolute atomic E-state index is 5.76. The van der Waals surface area contributed by atoms with Crippen molar-refractivity contribution < 1.29 is 0 Å². The van der Waals surface area contributed by atoms with Gasteiger partial charge in [0.25, 0.3) is 0 Å². The molecule has 0 amide bonds. The number of nitrogens with zero attached hydrogens (tertiary/aromatic N) is 3. The van der Waals surface area contributed by atoms with E-state index in [4.69, 9.17) is 11.6 Å². The lowest BCUT2D eigenvalue weighted by atomic mass is 10.0. The number of halogens is 1. The molecule has 0 aliphatic carbocycles. The topological polar surface area (TPSA) is 62.7 Å². The molecule has 0 spiro atoms. The van der Waals surface area contributed by atoms with Gasteiger partial charge in [0, 0.05) is 12.6 Å². The Morgan fingerprint density at radius 1 is 1.20 bits per heavy atom. The van der Waals surface area contributed by atoms with Gasteiger partial charge in [-0.25, -0.2) is 0 Å². The van der Waals surface area contributed by atoms with Crippen molar-refractivity contribution in [3.63, 3.8) is 0 Å². The van der Waals surface area contributed by atoms with E-state index in [-0.39, 0.29) is 10.8 Å². The Balaban J connectivity index is 2.90. The van der Waals surface area contributed by atoms with Crippen LogP contribution in [0.4, 0.5) is 11.9 Å². The fourth-order valence-electron chi connectivity index (χ4n) is 0.909. The third-order valence-electron chi connectivity index (χ3n) is 2.17. The Hall–Kier alpha value is -1.10. The zero-order chi connectivity index (χ0) is 11.5. The maximum Gasteiger partial charge on any atom is 0.229 e. The quantitative estimate of drug-likeness (QED) is 0.829. The Morgan fingerprint density at radius 3 is 2.33 bits per heavy atom. The highest BCUT2D eigenvalue weighted by Crippen LogP contribution is 2.16. The molecule has 1 aromatic rings. The lowest BCUT2D eigenvalue weighted by Crippen LogP contribution is -2.30. The summed E-state index contributed by atoms with van der Waals surface area (Å²) in [5.41, 5.74) is -0.0598. The van der Waals surface area contributed by atoms with Crippen molar-refractivity contribution in [2.45, 2.75) is 32.7 Å². The summed E-state index contributed by atoms with van der Waals surface area (Å²) in [5.74, 6) is 0.954. The van der Waals surface area contributed by atoms with E-state index >= 15 is 0 Å². The van der Waals surface area contributed by atoms with Gasteiger partial charge in [-0.15, -0.1) is 0 Å². The third-order valence-corrected chi connectivity index (χ3v) is 2.33. The molecular weight excluding hydrogens is 214 g/mol. The van der Waals surface area contributed by atoms with Crippen LogP contribution in [0.2, 0.25) is 5.28 Å². The van der Waals surface area contributed by atoms with Crippen molar-refractivity contribution in [2.24, 2.45) is 0 Å². The molecule has 1 heterocycles. The van der Waals surface area contributed by atoms with Gasteiger partial charge in [-0.05, 0) is 31.9 Å². The van der Waals surface area contributed by atoms with Crippen LogP contribution in [0, 0.1) is 0 Å². The molecule has 1 rings (SSSR count). The molecule has 0 aliphatic heterocycles. The van der Waals surface area contributed by atoms with Gasteiger partial charge in [-0.2, -0.15) is 15.0 Å². The Bertz CT molecular complexity index is 339. The minimum absolute atomic E-state index is 0.0598. The van der Waals surface area contributed by atoms with Crippen LogP contribution >= 0.6 is 11.6 Å². The summed E-state index contributed by atoms with van der Waals surface area (Å²) in [5, 5.41) is 6.21. The highest BCUT2D eigenvalue weighted by molar-refractivity contribution is 6.28. The van der Waals surface area contributed by atoms with Gasteiger partial charge in [-0.3, -0.25) is 0 Å². The predicted octanol–water partition coefficient (Wildman–Crippen LogP) is 2.17. The summed E-state index contributed by atoms with van der Waals surface area (Å²) < 4.78 is 0. The highest BCUT2D eigenvalue weighted by atomic mass is 35.5. The van der Waals surface area contributed by atoms with Gasteiger partial charge in [0.1, 0.15) is 0 Å². The van der Waals surface area contributed by atoms with Gasteiger partial charge < -0.3 is 10.6 Å². The van der Waals surface area contributed by atoms with Crippen molar-refractivity contribution >= 4 is 23.5 Å². The van der Waals surface area contributed by atoms with E-state index in [1.54, 1.807) is 7.05 Å². The van der Waals surface area contributed by atoms with Gasteiger partial charge >= 0.3 is 0 Å². The van der Waals surface area contributed by atoms with Gasteiger partial charge in [0.2, 0.25) is 17.2 Å². The fourth-order valence-corrected chi connectivity index (χ4v) is 1.07. The van der Waals surface area contributed by atoms with Crippen LogP contribution in [0.1, 0.15) is 27.2 Å². The molecule has 0 saturated heterocycles. The molecule has 0 unspecified atom stereocenters. The molecular formula is C9H16ClN5. The van der Waals surface area contributed by atoms with Crippen LogP contribution in [0.15, 0.2) is 0 Å². The minimum Gasteiger partial charge on any atom is -0.357 e. The largest absolute Gasteiger partial charge is 0.357 e. The number of aromatic nitrogens is 3. The zero-order valence-corrected chi connectivity index (χ0v) is 10.2. The predicted molar refractivity (Wildman–Crippen MR) is 62.4 cm³/mol. The first-order valence-corrected chi connectivity index (χ1v) is 5.22. The van der Waals surface area contributed by atoms with Crippen LogP contribution in [0.25, 0.3) is 0 Å². The smallest absolute Gasteiger partial charge is 0.229 e. The molecule has 0 bridgehead atoms. The highest BCUT2D eigenvalue weighted by Gasteiger charge is 2.16. The molecule has 2 N–H and O–H groups in total. The summed E-state index contributed by atoms with van der Waals surface area (Å²) >= 11 is 5.76. The third kappa shape index (κ3) is 3.51. The maximum atomic E-state index is 5.76. The van der Waals surface area contributed by atoms with E-state index in [2.05, 4.69) is 46.4 Å². The van der Waals surface area contributed by atoms with Crippen LogP contribution in [-0.4, -0.2) is 27.5 Å². The molecule has 5 nitrogen and oxygen atoms in total. The first-order chi connectivity index (χ1) is 6.96. The standard InChI is InChI=1S/C9H16ClN5/c1-5-9(2,3)15-8-13-6(10)12-7(11-4)14-8/h5H2,1-4H3,(H2,11,12,13,14,15). The average molecular weight is 230 g/mol. The Morgan fingerprint density at radius 2 is 1.80 bits per heavy atom. The molecule has 0 aromatic carbocycles. The number of hydrogen-bond donors (Lipinski definition) is 2. The van der Waals surface area contributed by atoms with E-state index in [1.807, 2.05) is 0 Å². The molecule has 1 aromatic heterocycles. The molecule has 0 radical (unpaired) electrons. The van der Waals surface area contributed by atoms with E-state index in [1.165, 1.54) is 0 Å². The van der Waals surface area contributed by atoms with Gasteiger partial charge in [0.05, 0.1) is 0 Å². The monoisotopic (exact) mass is 229 g/mol. The average Bonchev–Trinajstić information content (AvgIpc) is 2.16. The van der Waals surface area contributed by atoms with Crippen LogP contribution in [0.3, 0.4) is 0 Å². The summed E-state index contributed by atoms with van der Waals surface area (Å²) in [4.78, 5) is 12.1. The first-order valence-electron chi connectivity index (χ1n) is 4.84. The summed E-state index contributed by atoms with van der Waals surface area (Å²) in [6.07, 6.45) is 0.963. The van der Waals surface area contributed by atoms with Gasteiger partial charge in [0.15, 0.2) is 0 Å². The zero-order valence-electron chi connectivity index (χ0n) is 9.43. The SMILES string of the molecule is CCC(C)(C)Nc1nc(Cl)nc(NC)n1. The number of rotatable bonds is 4. The molecule has 0 aliphatic rings. The summed E-state index contributed by atoms with van der Waals surface area (Å²) in [7, 11) is 1.74. The Kier molecular flexibility index (Phi) is 3.68. The van der Waals surface area contributed by atoms with Gasteiger partial charge in [-0.1, -0.05) is 6.92 Å². The van der Waals surface area contributed by atoms with E-state index < -0.39 is 0 Å². The number of anilines is 2. The summed E-state index contributed by atoms with van der Waals surface area (Å²) in [6, 6.07) is 0. The lowest BCUT2D eigenvalue weighted by Gasteiger charge is -2.24. The van der Waals surface area contributed by atoms with E-state index in [9.17, 15) is 0 Å². The number of hydrogen-bond acceptors (Lipinski definition) is 5. The molecule has 0 fully saturated rings. The second kappa shape index (κ2) is 4.61. The lowest BCUT2D eigenvalue weighted by molar-refractivity contribution is 0.542. The van der Waals surface area contributed by atoms with Crippen molar-refractivity contribution in [1.82, 2.24) is 15.0 Å². The fraction of sp³-hybridized carbons (Fsp3) is 0.667. The minimum atomic E-state index is -0.0598.